The van der Waals surface area contributed by atoms with Crippen molar-refractivity contribution in [2.45, 2.75) is 42.7 Å². The largest absolute Gasteiger partial charge is 0.474 e. The highest BCUT2D eigenvalue weighted by Crippen LogP contribution is 2.25. The van der Waals surface area contributed by atoms with E-state index in [0.717, 1.165) is 23.6 Å². The first-order valence-electron chi connectivity index (χ1n) is 9.57. The number of hydrogen-bond donors (Lipinski definition) is 1. The quantitative estimate of drug-likeness (QED) is 0.695. The summed E-state index contributed by atoms with van der Waals surface area (Å²) in [7, 11) is -3.57. The minimum atomic E-state index is -3.57. The second kappa shape index (κ2) is 8.19. The Morgan fingerprint density at radius 2 is 1.76 bits per heavy atom. The molecule has 4 rings (SSSR count). The first-order valence-corrected chi connectivity index (χ1v) is 11.1. The molecule has 0 unspecified atom stereocenters. The number of pyridine rings is 1. The van der Waals surface area contributed by atoms with Crippen molar-refractivity contribution in [1.82, 2.24) is 9.71 Å². The number of sulfonamides is 1. The number of nitrogens with zero attached hydrogens (tertiary/aromatic N) is 2. The van der Waals surface area contributed by atoms with E-state index in [9.17, 15) is 8.42 Å². The normalized spacial score (nSPS) is 19.6. The first kappa shape index (κ1) is 19.4. The van der Waals surface area contributed by atoms with Crippen LogP contribution in [0.4, 0.5) is 0 Å². The second-order valence-corrected chi connectivity index (χ2v) is 8.93. The molecule has 0 amide bonds. The van der Waals surface area contributed by atoms with Crippen molar-refractivity contribution >= 4 is 20.8 Å². The molecule has 3 aromatic rings. The summed E-state index contributed by atoms with van der Waals surface area (Å²) < 4.78 is 34.3. The molecule has 1 aliphatic carbocycles. The average molecular weight is 407 g/mol. The lowest BCUT2D eigenvalue weighted by molar-refractivity contribution is 0.138. The fourth-order valence-corrected chi connectivity index (χ4v) is 4.95. The molecule has 1 fully saturated rings. The van der Waals surface area contributed by atoms with E-state index in [-0.39, 0.29) is 17.0 Å². The molecule has 6 nitrogen and oxygen atoms in total. The molecule has 7 heteroatoms. The van der Waals surface area contributed by atoms with Crippen molar-refractivity contribution in [2.24, 2.45) is 0 Å². The molecule has 1 N–H and O–H groups in total. The first-order chi connectivity index (χ1) is 14.0. The molecule has 1 aliphatic rings. The fourth-order valence-electron chi connectivity index (χ4n) is 3.61. The van der Waals surface area contributed by atoms with Crippen molar-refractivity contribution in [2.75, 3.05) is 0 Å². The zero-order chi connectivity index (χ0) is 20.3. The fraction of sp³-hybridized carbons (Fsp3) is 0.273. The number of benzene rings is 2. The van der Waals surface area contributed by atoms with E-state index in [1.54, 1.807) is 24.3 Å². The maximum Gasteiger partial charge on any atom is 0.240 e. The van der Waals surface area contributed by atoms with Gasteiger partial charge in [0.25, 0.3) is 0 Å². The van der Waals surface area contributed by atoms with Gasteiger partial charge in [-0.1, -0.05) is 30.3 Å². The highest BCUT2D eigenvalue weighted by Gasteiger charge is 2.27. The number of nitriles is 1. The van der Waals surface area contributed by atoms with E-state index in [0.29, 0.717) is 24.3 Å². The van der Waals surface area contributed by atoms with Crippen LogP contribution in [0, 0.1) is 11.3 Å². The molecule has 0 spiro atoms. The summed E-state index contributed by atoms with van der Waals surface area (Å²) in [6.45, 7) is 0. The van der Waals surface area contributed by atoms with Crippen LogP contribution in [0.2, 0.25) is 0 Å². The monoisotopic (exact) mass is 407 g/mol. The van der Waals surface area contributed by atoms with Crippen LogP contribution in [0.1, 0.15) is 31.2 Å². The molecule has 29 heavy (non-hydrogen) atoms. The molecule has 0 aliphatic heterocycles. The van der Waals surface area contributed by atoms with Crippen LogP contribution in [0.25, 0.3) is 10.8 Å². The highest BCUT2D eigenvalue weighted by molar-refractivity contribution is 7.89. The number of aromatic nitrogens is 1. The zero-order valence-corrected chi connectivity index (χ0v) is 16.6. The van der Waals surface area contributed by atoms with Crippen LogP contribution in [-0.2, 0) is 10.0 Å². The third-order valence-electron chi connectivity index (χ3n) is 5.18. The predicted octanol–water partition coefficient (Wildman–Crippen LogP) is 3.77. The summed E-state index contributed by atoms with van der Waals surface area (Å²) in [5.74, 6) is 0.490. The Kier molecular flexibility index (Phi) is 5.47. The summed E-state index contributed by atoms with van der Waals surface area (Å²) >= 11 is 0. The SMILES string of the molecule is N#Cc1ccc(OC2CCC(NS(=O)(=O)c3ccc4ccccc4c3)CC2)nc1. The molecule has 0 radical (unpaired) electrons. The van der Waals surface area contributed by atoms with Crippen molar-refractivity contribution in [3.05, 3.63) is 66.4 Å². The van der Waals surface area contributed by atoms with Crippen molar-refractivity contribution in [3.63, 3.8) is 0 Å². The van der Waals surface area contributed by atoms with Gasteiger partial charge in [-0.25, -0.2) is 18.1 Å². The Balaban J connectivity index is 1.36. The van der Waals surface area contributed by atoms with E-state index in [4.69, 9.17) is 10.00 Å². The van der Waals surface area contributed by atoms with Crippen LogP contribution in [-0.4, -0.2) is 25.5 Å². The van der Waals surface area contributed by atoms with Gasteiger partial charge in [-0.15, -0.1) is 0 Å². The topological polar surface area (TPSA) is 92.1 Å². The van der Waals surface area contributed by atoms with Gasteiger partial charge in [0.1, 0.15) is 12.2 Å². The van der Waals surface area contributed by atoms with Crippen LogP contribution in [0.5, 0.6) is 5.88 Å². The maximum absolute atomic E-state index is 12.8. The molecule has 0 saturated heterocycles. The molecule has 0 atom stereocenters. The number of ether oxygens (including phenoxy) is 1. The predicted molar refractivity (Wildman–Crippen MR) is 110 cm³/mol. The Morgan fingerprint density at radius 3 is 2.45 bits per heavy atom. The Labute approximate surface area is 170 Å². The highest BCUT2D eigenvalue weighted by atomic mass is 32.2. The summed E-state index contributed by atoms with van der Waals surface area (Å²) in [5.41, 5.74) is 0.490. The zero-order valence-electron chi connectivity index (χ0n) is 15.8. The van der Waals surface area contributed by atoms with Crippen LogP contribution >= 0.6 is 0 Å². The van der Waals surface area contributed by atoms with E-state index in [2.05, 4.69) is 9.71 Å². The number of nitrogens with one attached hydrogen (secondary N) is 1. The standard InChI is InChI=1S/C22H21N3O3S/c23-14-16-5-12-22(24-15-16)28-20-9-7-19(8-10-20)25-29(26,27)21-11-6-17-3-1-2-4-18(17)13-21/h1-6,11-13,15,19-20,25H,7-10H2. The van der Waals surface area contributed by atoms with Gasteiger partial charge in [0.05, 0.1) is 10.5 Å². The maximum atomic E-state index is 12.8. The lowest BCUT2D eigenvalue weighted by Crippen LogP contribution is -2.39. The third-order valence-corrected chi connectivity index (χ3v) is 6.70. The molecule has 1 heterocycles. The van der Waals surface area contributed by atoms with Crippen molar-refractivity contribution in [1.29, 1.82) is 5.26 Å². The van der Waals surface area contributed by atoms with Gasteiger partial charge >= 0.3 is 0 Å². The van der Waals surface area contributed by atoms with E-state index >= 15 is 0 Å². The van der Waals surface area contributed by atoms with Gasteiger partial charge in [-0.3, -0.25) is 0 Å². The van der Waals surface area contributed by atoms with Crippen LogP contribution in [0.3, 0.4) is 0 Å². The van der Waals surface area contributed by atoms with E-state index < -0.39 is 10.0 Å². The summed E-state index contributed by atoms with van der Waals surface area (Å²) in [5, 5.41) is 10.7. The van der Waals surface area contributed by atoms with Gasteiger partial charge < -0.3 is 4.74 Å². The molecule has 148 valence electrons. The van der Waals surface area contributed by atoms with Crippen LogP contribution in [0.15, 0.2) is 65.7 Å². The molecular formula is C22H21N3O3S. The lowest BCUT2D eigenvalue weighted by Gasteiger charge is -2.29. The Hall–Kier alpha value is -2.95. The summed E-state index contributed by atoms with van der Waals surface area (Å²) in [4.78, 5) is 4.42. The van der Waals surface area contributed by atoms with E-state index in [1.165, 1.54) is 6.20 Å². The lowest BCUT2D eigenvalue weighted by atomic mass is 9.94. The Bertz CT molecular complexity index is 1150. The third kappa shape index (κ3) is 4.56. The molecule has 2 aromatic carbocycles. The van der Waals surface area contributed by atoms with Gasteiger partial charge in [0.15, 0.2) is 0 Å². The summed E-state index contributed by atoms with van der Waals surface area (Å²) in [6.07, 6.45) is 4.37. The smallest absolute Gasteiger partial charge is 0.240 e. The number of fused-ring (bicyclic) bond motifs is 1. The molecule has 0 bridgehead atoms. The van der Waals surface area contributed by atoms with Crippen LogP contribution < -0.4 is 9.46 Å². The van der Waals surface area contributed by atoms with E-state index in [1.807, 2.05) is 36.4 Å². The number of hydrogen-bond acceptors (Lipinski definition) is 5. The van der Waals surface area contributed by atoms with Gasteiger partial charge in [0.2, 0.25) is 15.9 Å². The van der Waals surface area contributed by atoms with Crippen molar-refractivity contribution in [3.8, 4) is 11.9 Å². The van der Waals surface area contributed by atoms with Gasteiger partial charge in [0, 0.05) is 18.3 Å². The minimum absolute atomic E-state index is 0.00291. The molecule has 1 aromatic heterocycles. The minimum Gasteiger partial charge on any atom is -0.474 e. The Morgan fingerprint density at radius 1 is 1.00 bits per heavy atom. The number of rotatable bonds is 5. The summed E-state index contributed by atoms with van der Waals surface area (Å²) in [6, 6.07) is 18.2. The second-order valence-electron chi connectivity index (χ2n) is 7.22. The molecule has 1 saturated carbocycles. The van der Waals surface area contributed by atoms with Gasteiger partial charge in [-0.05, 0) is 54.7 Å². The van der Waals surface area contributed by atoms with Crippen molar-refractivity contribution < 1.29 is 13.2 Å². The average Bonchev–Trinajstić information content (AvgIpc) is 2.75. The van der Waals surface area contributed by atoms with Gasteiger partial charge in [-0.2, -0.15) is 5.26 Å². The molecular weight excluding hydrogens is 386 g/mol.